The third-order valence-corrected chi connectivity index (χ3v) is 4.45. The molecule has 1 aromatic carbocycles. The van der Waals surface area contributed by atoms with E-state index in [0.29, 0.717) is 12.1 Å². The summed E-state index contributed by atoms with van der Waals surface area (Å²) in [4.78, 5) is 2.33. The Hall–Kier alpha value is -0.640. The van der Waals surface area contributed by atoms with Gasteiger partial charge in [-0.25, -0.2) is 4.39 Å². The highest BCUT2D eigenvalue weighted by atomic mass is 35.5. The third kappa shape index (κ3) is 3.91. The van der Waals surface area contributed by atoms with Crippen molar-refractivity contribution in [2.24, 2.45) is 0 Å². The first-order valence-electron chi connectivity index (χ1n) is 6.91. The molecule has 0 atom stereocenters. The molecule has 0 spiro atoms. The lowest BCUT2D eigenvalue weighted by Crippen LogP contribution is -2.39. The van der Waals surface area contributed by atoms with Crippen molar-refractivity contribution in [1.29, 1.82) is 0 Å². The Balaban J connectivity index is 1.90. The maximum absolute atomic E-state index is 13.4. The molecule has 106 valence electrons. The van der Waals surface area contributed by atoms with Gasteiger partial charge in [-0.1, -0.05) is 17.7 Å². The summed E-state index contributed by atoms with van der Waals surface area (Å²) in [5.74, 6) is -0.327. The molecule has 1 N–H and O–H groups in total. The molecular formula is C15H22ClFN2. The second kappa shape index (κ2) is 6.69. The van der Waals surface area contributed by atoms with Crippen molar-refractivity contribution in [3.63, 3.8) is 0 Å². The summed E-state index contributed by atoms with van der Waals surface area (Å²) in [5, 5.41) is 3.54. The van der Waals surface area contributed by atoms with E-state index in [9.17, 15) is 4.39 Å². The standard InChI is InChI=1S/C15H22ClFN2/c1-18-12-4-6-13(7-5-12)19(2)10-11-3-8-14(16)15(17)9-11/h3,8-9,12-13,18H,4-7,10H2,1-2H3. The first-order valence-corrected chi connectivity index (χ1v) is 7.29. The minimum Gasteiger partial charge on any atom is -0.317 e. The van der Waals surface area contributed by atoms with Gasteiger partial charge in [0, 0.05) is 18.6 Å². The minimum absolute atomic E-state index is 0.195. The first-order chi connectivity index (χ1) is 9.10. The molecule has 0 heterocycles. The average molecular weight is 285 g/mol. The molecule has 1 fully saturated rings. The van der Waals surface area contributed by atoms with Crippen molar-refractivity contribution < 1.29 is 4.39 Å². The quantitative estimate of drug-likeness (QED) is 0.911. The zero-order valence-electron chi connectivity index (χ0n) is 11.6. The van der Waals surface area contributed by atoms with Crippen LogP contribution in [0.4, 0.5) is 4.39 Å². The van der Waals surface area contributed by atoms with E-state index in [2.05, 4.69) is 17.3 Å². The average Bonchev–Trinajstić information content (AvgIpc) is 2.43. The van der Waals surface area contributed by atoms with Crippen LogP contribution >= 0.6 is 11.6 Å². The van der Waals surface area contributed by atoms with Gasteiger partial charge in [0.05, 0.1) is 5.02 Å². The lowest BCUT2D eigenvalue weighted by atomic mass is 9.90. The number of hydrogen-bond donors (Lipinski definition) is 1. The normalized spacial score (nSPS) is 23.8. The van der Waals surface area contributed by atoms with Crippen molar-refractivity contribution in [2.45, 2.75) is 44.3 Å². The van der Waals surface area contributed by atoms with Crippen LogP contribution in [-0.2, 0) is 6.54 Å². The zero-order chi connectivity index (χ0) is 13.8. The molecule has 1 aromatic rings. The second-order valence-electron chi connectivity index (χ2n) is 5.46. The van der Waals surface area contributed by atoms with E-state index in [4.69, 9.17) is 11.6 Å². The van der Waals surface area contributed by atoms with Crippen molar-refractivity contribution in [3.8, 4) is 0 Å². The lowest BCUT2D eigenvalue weighted by molar-refractivity contribution is 0.170. The van der Waals surface area contributed by atoms with Crippen molar-refractivity contribution in [3.05, 3.63) is 34.6 Å². The highest BCUT2D eigenvalue weighted by Gasteiger charge is 2.23. The molecule has 0 aromatic heterocycles. The Morgan fingerprint density at radius 1 is 1.32 bits per heavy atom. The summed E-state index contributed by atoms with van der Waals surface area (Å²) in [6.45, 7) is 0.781. The molecule has 2 nitrogen and oxygen atoms in total. The smallest absolute Gasteiger partial charge is 0.142 e. The summed E-state index contributed by atoms with van der Waals surface area (Å²) < 4.78 is 13.4. The number of nitrogens with zero attached hydrogens (tertiary/aromatic N) is 1. The molecule has 1 saturated carbocycles. The van der Waals surface area contributed by atoms with E-state index in [0.717, 1.165) is 12.1 Å². The number of benzene rings is 1. The summed E-state index contributed by atoms with van der Waals surface area (Å²) in [6, 6.07) is 6.35. The van der Waals surface area contributed by atoms with Crippen LogP contribution in [-0.4, -0.2) is 31.1 Å². The van der Waals surface area contributed by atoms with Crippen LogP contribution in [0.2, 0.25) is 5.02 Å². The van der Waals surface area contributed by atoms with Crippen LogP contribution in [0.15, 0.2) is 18.2 Å². The summed E-state index contributed by atoms with van der Waals surface area (Å²) >= 11 is 5.70. The van der Waals surface area contributed by atoms with Gasteiger partial charge < -0.3 is 5.32 Å². The van der Waals surface area contributed by atoms with Crippen LogP contribution < -0.4 is 5.32 Å². The van der Waals surface area contributed by atoms with Gasteiger partial charge in [0.2, 0.25) is 0 Å². The molecule has 0 aliphatic heterocycles. The van der Waals surface area contributed by atoms with Crippen LogP contribution in [0, 0.1) is 5.82 Å². The molecule has 0 unspecified atom stereocenters. The summed E-state index contributed by atoms with van der Waals surface area (Å²) in [7, 11) is 4.15. The summed E-state index contributed by atoms with van der Waals surface area (Å²) in [5.41, 5.74) is 0.986. The first kappa shape index (κ1) is 14.8. The maximum atomic E-state index is 13.4. The largest absolute Gasteiger partial charge is 0.317 e. The van der Waals surface area contributed by atoms with Crippen molar-refractivity contribution >= 4 is 11.6 Å². The van der Waals surface area contributed by atoms with Crippen molar-refractivity contribution in [2.75, 3.05) is 14.1 Å². The monoisotopic (exact) mass is 284 g/mol. The third-order valence-electron chi connectivity index (χ3n) is 4.14. The second-order valence-corrected chi connectivity index (χ2v) is 5.86. The van der Waals surface area contributed by atoms with E-state index in [1.54, 1.807) is 6.07 Å². The molecule has 0 amide bonds. The SMILES string of the molecule is CNC1CCC(N(C)Cc2ccc(Cl)c(F)c2)CC1. The molecule has 1 aliphatic rings. The fourth-order valence-electron chi connectivity index (χ4n) is 2.86. The Labute approximate surface area is 119 Å². The van der Waals surface area contributed by atoms with Gasteiger partial charge in [-0.2, -0.15) is 0 Å². The van der Waals surface area contributed by atoms with E-state index >= 15 is 0 Å². The number of halogens is 2. The molecule has 4 heteroatoms. The van der Waals surface area contributed by atoms with E-state index in [1.807, 2.05) is 13.1 Å². The Morgan fingerprint density at radius 2 is 2.00 bits per heavy atom. The van der Waals surface area contributed by atoms with Gasteiger partial charge in [-0.3, -0.25) is 4.90 Å². The number of hydrogen-bond acceptors (Lipinski definition) is 2. The lowest BCUT2D eigenvalue weighted by Gasteiger charge is -2.34. The van der Waals surface area contributed by atoms with Crippen molar-refractivity contribution in [1.82, 2.24) is 10.2 Å². The topological polar surface area (TPSA) is 15.3 Å². The summed E-state index contributed by atoms with van der Waals surface area (Å²) in [6.07, 6.45) is 4.86. The van der Waals surface area contributed by atoms with Crippen LogP contribution in [0.25, 0.3) is 0 Å². The Bertz CT molecular complexity index is 417. The van der Waals surface area contributed by atoms with Crippen LogP contribution in [0.5, 0.6) is 0 Å². The van der Waals surface area contributed by atoms with Gasteiger partial charge >= 0.3 is 0 Å². The van der Waals surface area contributed by atoms with Gasteiger partial charge in [-0.05, 0) is 57.5 Å². The molecule has 19 heavy (non-hydrogen) atoms. The van der Waals surface area contributed by atoms with Gasteiger partial charge in [0.1, 0.15) is 5.82 Å². The van der Waals surface area contributed by atoms with Gasteiger partial charge in [-0.15, -0.1) is 0 Å². The highest BCUT2D eigenvalue weighted by Crippen LogP contribution is 2.24. The van der Waals surface area contributed by atoms with Crippen LogP contribution in [0.1, 0.15) is 31.2 Å². The highest BCUT2D eigenvalue weighted by molar-refractivity contribution is 6.30. The molecule has 2 rings (SSSR count). The molecule has 0 bridgehead atoms. The fraction of sp³-hybridized carbons (Fsp3) is 0.600. The Morgan fingerprint density at radius 3 is 2.58 bits per heavy atom. The predicted molar refractivity (Wildman–Crippen MR) is 78.0 cm³/mol. The van der Waals surface area contributed by atoms with E-state index in [1.165, 1.54) is 31.7 Å². The van der Waals surface area contributed by atoms with Gasteiger partial charge in [0.25, 0.3) is 0 Å². The predicted octanol–water partition coefficient (Wildman–Crippen LogP) is 3.44. The van der Waals surface area contributed by atoms with Crippen LogP contribution in [0.3, 0.4) is 0 Å². The number of nitrogens with one attached hydrogen (secondary N) is 1. The molecule has 1 aliphatic carbocycles. The fourth-order valence-corrected chi connectivity index (χ4v) is 2.98. The van der Waals surface area contributed by atoms with Gasteiger partial charge in [0.15, 0.2) is 0 Å². The van der Waals surface area contributed by atoms with E-state index in [-0.39, 0.29) is 10.8 Å². The Kier molecular flexibility index (Phi) is 5.20. The molecule has 0 radical (unpaired) electrons. The molecular weight excluding hydrogens is 263 g/mol. The molecule has 0 saturated heterocycles. The van der Waals surface area contributed by atoms with E-state index < -0.39 is 0 Å². The maximum Gasteiger partial charge on any atom is 0.142 e. The number of rotatable bonds is 4. The zero-order valence-corrected chi connectivity index (χ0v) is 12.4. The minimum atomic E-state index is -0.327.